The van der Waals surface area contributed by atoms with E-state index in [-0.39, 0.29) is 11.4 Å². The van der Waals surface area contributed by atoms with Crippen molar-refractivity contribution >= 4 is 11.4 Å². The molecule has 2 unspecified atom stereocenters. The Balaban J connectivity index is 2.17. The lowest BCUT2D eigenvalue weighted by atomic mass is 10.1. The van der Waals surface area contributed by atoms with Crippen molar-refractivity contribution in [1.29, 1.82) is 0 Å². The van der Waals surface area contributed by atoms with Gasteiger partial charge >= 0.3 is 0 Å². The second-order valence-corrected chi connectivity index (χ2v) is 4.53. The summed E-state index contributed by atoms with van der Waals surface area (Å²) in [6.45, 7) is 2.46. The molecule has 7 nitrogen and oxygen atoms in total. The summed E-state index contributed by atoms with van der Waals surface area (Å²) in [5, 5.41) is 24.6. The lowest BCUT2D eigenvalue weighted by molar-refractivity contribution is -0.394. The largest absolute Gasteiger partial charge is 0.309 e. The maximum Gasteiger partial charge on any atom is 0.280 e. The zero-order valence-electron chi connectivity index (χ0n) is 9.83. The van der Waals surface area contributed by atoms with Crippen LogP contribution in [-0.4, -0.2) is 15.9 Å². The number of hydrogen-bond donors (Lipinski definition) is 1. The van der Waals surface area contributed by atoms with Gasteiger partial charge in [-0.15, -0.1) is 0 Å². The van der Waals surface area contributed by atoms with Crippen LogP contribution in [0.1, 0.15) is 18.9 Å². The lowest BCUT2D eigenvalue weighted by Gasteiger charge is -2.04. The first kappa shape index (κ1) is 12.4. The number of benzene rings is 1. The van der Waals surface area contributed by atoms with E-state index < -0.39 is 9.85 Å². The van der Waals surface area contributed by atoms with Crippen LogP contribution < -0.4 is 5.32 Å². The molecule has 18 heavy (non-hydrogen) atoms. The van der Waals surface area contributed by atoms with Crippen LogP contribution in [-0.2, 0) is 6.54 Å². The summed E-state index contributed by atoms with van der Waals surface area (Å²) < 4.78 is 0. The predicted octanol–water partition coefficient (Wildman–Crippen LogP) is 2.00. The molecule has 7 heteroatoms. The van der Waals surface area contributed by atoms with Crippen molar-refractivity contribution in [3.05, 3.63) is 44.0 Å². The fourth-order valence-corrected chi connectivity index (χ4v) is 1.83. The molecule has 1 aromatic carbocycles. The van der Waals surface area contributed by atoms with Gasteiger partial charge in [0.25, 0.3) is 11.4 Å². The van der Waals surface area contributed by atoms with Gasteiger partial charge in [0, 0.05) is 24.2 Å². The fraction of sp³-hybridized carbons (Fsp3) is 0.455. The van der Waals surface area contributed by atoms with Gasteiger partial charge in [-0.2, -0.15) is 0 Å². The highest BCUT2D eigenvalue weighted by atomic mass is 16.6. The number of non-ortho nitro benzene ring substituents is 1. The summed E-state index contributed by atoms with van der Waals surface area (Å²) in [6, 6.07) is 4.14. The Bertz CT molecular complexity index is 503. The Labute approximate surface area is 103 Å². The van der Waals surface area contributed by atoms with Gasteiger partial charge in [0.2, 0.25) is 0 Å². The molecule has 0 aromatic heterocycles. The molecule has 1 aliphatic rings. The molecule has 2 rings (SSSR count). The van der Waals surface area contributed by atoms with Crippen LogP contribution >= 0.6 is 0 Å². The van der Waals surface area contributed by atoms with Gasteiger partial charge < -0.3 is 5.32 Å². The number of nitro benzene ring substituents is 2. The summed E-state index contributed by atoms with van der Waals surface area (Å²) in [7, 11) is 0. The fourth-order valence-electron chi connectivity index (χ4n) is 1.83. The molecule has 1 aromatic rings. The van der Waals surface area contributed by atoms with Crippen molar-refractivity contribution in [1.82, 2.24) is 5.32 Å². The third-order valence-corrected chi connectivity index (χ3v) is 3.14. The highest BCUT2D eigenvalue weighted by Crippen LogP contribution is 2.30. The lowest BCUT2D eigenvalue weighted by Crippen LogP contribution is -2.17. The van der Waals surface area contributed by atoms with Crippen molar-refractivity contribution < 1.29 is 9.85 Å². The van der Waals surface area contributed by atoms with E-state index in [4.69, 9.17) is 0 Å². The zero-order chi connectivity index (χ0) is 13.3. The average molecular weight is 251 g/mol. The highest BCUT2D eigenvalue weighted by molar-refractivity contribution is 5.49. The van der Waals surface area contributed by atoms with Gasteiger partial charge in [-0.05, 0) is 18.4 Å². The van der Waals surface area contributed by atoms with Crippen LogP contribution in [0, 0.1) is 26.1 Å². The highest BCUT2D eigenvalue weighted by Gasteiger charge is 2.32. The predicted molar refractivity (Wildman–Crippen MR) is 64.2 cm³/mol. The maximum atomic E-state index is 10.9. The van der Waals surface area contributed by atoms with E-state index in [9.17, 15) is 20.2 Å². The Kier molecular flexibility index (Phi) is 3.24. The minimum absolute atomic E-state index is 0.204. The van der Waals surface area contributed by atoms with E-state index in [1.165, 1.54) is 12.1 Å². The molecule has 1 aliphatic carbocycles. The molecule has 0 amide bonds. The quantitative estimate of drug-likeness (QED) is 0.637. The second kappa shape index (κ2) is 4.69. The topological polar surface area (TPSA) is 98.3 Å². The van der Waals surface area contributed by atoms with E-state index >= 15 is 0 Å². The van der Waals surface area contributed by atoms with Crippen molar-refractivity contribution in [2.24, 2.45) is 5.92 Å². The van der Waals surface area contributed by atoms with E-state index in [0.29, 0.717) is 24.1 Å². The molecule has 0 radical (unpaired) electrons. The molecular formula is C11H13N3O4. The second-order valence-electron chi connectivity index (χ2n) is 4.53. The maximum absolute atomic E-state index is 10.9. The third-order valence-electron chi connectivity index (χ3n) is 3.14. The number of nitrogens with zero attached hydrogens (tertiary/aromatic N) is 2. The van der Waals surface area contributed by atoms with Gasteiger partial charge in [0.05, 0.1) is 15.9 Å². The molecule has 0 bridgehead atoms. The van der Waals surface area contributed by atoms with Crippen molar-refractivity contribution in [3.63, 3.8) is 0 Å². The minimum Gasteiger partial charge on any atom is -0.309 e. The van der Waals surface area contributed by atoms with E-state index in [1.807, 2.05) is 0 Å². The first-order chi connectivity index (χ1) is 8.49. The molecule has 0 saturated heterocycles. The number of hydrogen-bond acceptors (Lipinski definition) is 5. The van der Waals surface area contributed by atoms with Gasteiger partial charge in [0.1, 0.15) is 0 Å². The van der Waals surface area contributed by atoms with Crippen LogP contribution in [0.15, 0.2) is 18.2 Å². The first-order valence-electron chi connectivity index (χ1n) is 5.64. The van der Waals surface area contributed by atoms with E-state index in [2.05, 4.69) is 12.2 Å². The first-order valence-corrected chi connectivity index (χ1v) is 5.64. The molecule has 2 atom stereocenters. The molecule has 1 N–H and O–H groups in total. The molecule has 0 aliphatic heterocycles. The van der Waals surface area contributed by atoms with Crippen LogP contribution in [0.2, 0.25) is 0 Å². The van der Waals surface area contributed by atoms with Crippen molar-refractivity contribution in [2.45, 2.75) is 25.9 Å². The molecule has 1 fully saturated rings. The van der Waals surface area contributed by atoms with Crippen molar-refractivity contribution in [2.75, 3.05) is 0 Å². The molecule has 96 valence electrons. The standard InChI is InChI=1S/C11H13N3O4/c1-7-4-10(7)12-6-8-2-3-9(13(15)16)5-11(8)14(17)18/h2-3,5,7,10,12H,4,6H2,1H3. The Morgan fingerprint density at radius 2 is 2.00 bits per heavy atom. The summed E-state index contributed by atoms with van der Waals surface area (Å²) in [5.74, 6) is 0.599. The van der Waals surface area contributed by atoms with Crippen LogP contribution in [0.3, 0.4) is 0 Å². The van der Waals surface area contributed by atoms with Crippen LogP contribution in [0.4, 0.5) is 11.4 Å². The monoisotopic (exact) mass is 251 g/mol. The van der Waals surface area contributed by atoms with Gasteiger partial charge in [-0.1, -0.05) is 6.92 Å². The SMILES string of the molecule is CC1CC1NCc1ccc([N+](=O)[O-])cc1[N+](=O)[O-]. The molecule has 1 saturated carbocycles. The van der Waals surface area contributed by atoms with Gasteiger partial charge in [0.15, 0.2) is 0 Å². The van der Waals surface area contributed by atoms with E-state index in [1.54, 1.807) is 0 Å². The zero-order valence-corrected chi connectivity index (χ0v) is 9.83. The summed E-state index contributed by atoms with van der Waals surface area (Å²) in [5.41, 5.74) is 0.0138. The Morgan fingerprint density at radius 1 is 1.33 bits per heavy atom. The van der Waals surface area contributed by atoms with Crippen LogP contribution in [0.5, 0.6) is 0 Å². The Hall–Kier alpha value is -2.02. The molecule has 0 spiro atoms. The van der Waals surface area contributed by atoms with E-state index in [0.717, 1.165) is 12.5 Å². The third kappa shape index (κ3) is 2.62. The van der Waals surface area contributed by atoms with Gasteiger partial charge in [-0.25, -0.2) is 0 Å². The summed E-state index contributed by atoms with van der Waals surface area (Å²) >= 11 is 0. The Morgan fingerprint density at radius 3 is 2.50 bits per heavy atom. The molecular weight excluding hydrogens is 238 g/mol. The van der Waals surface area contributed by atoms with Gasteiger partial charge in [-0.3, -0.25) is 20.2 Å². The number of nitro groups is 2. The molecule has 0 heterocycles. The summed E-state index contributed by atoms with van der Waals surface area (Å²) in [4.78, 5) is 20.2. The average Bonchev–Trinajstić information content (AvgIpc) is 3.02. The smallest absolute Gasteiger partial charge is 0.280 e. The van der Waals surface area contributed by atoms with Crippen molar-refractivity contribution in [3.8, 4) is 0 Å². The number of rotatable bonds is 5. The normalized spacial score (nSPS) is 21.6. The summed E-state index contributed by atoms with van der Waals surface area (Å²) in [6.07, 6.45) is 1.07. The number of nitrogens with one attached hydrogen (secondary N) is 1. The van der Waals surface area contributed by atoms with Crippen LogP contribution in [0.25, 0.3) is 0 Å². The minimum atomic E-state index is -0.632.